The van der Waals surface area contributed by atoms with Crippen LogP contribution in [-0.4, -0.2) is 18.0 Å². The molecule has 0 aliphatic rings. The number of hydrogen-bond acceptors (Lipinski definition) is 2. The Hall–Kier alpha value is -0.570. The van der Waals surface area contributed by atoms with Crippen molar-refractivity contribution in [3.8, 4) is 0 Å². The lowest BCUT2D eigenvalue weighted by Gasteiger charge is -2.30. The van der Waals surface area contributed by atoms with Crippen LogP contribution in [0.15, 0.2) is 0 Å². The van der Waals surface area contributed by atoms with E-state index in [1.165, 1.54) is 0 Å². The van der Waals surface area contributed by atoms with Crippen molar-refractivity contribution in [1.82, 2.24) is 5.32 Å². The molecule has 0 saturated heterocycles. The van der Waals surface area contributed by atoms with Crippen LogP contribution in [0.3, 0.4) is 0 Å². The van der Waals surface area contributed by atoms with Crippen molar-refractivity contribution in [2.24, 2.45) is 17.6 Å². The van der Waals surface area contributed by atoms with Crippen LogP contribution < -0.4 is 11.1 Å². The summed E-state index contributed by atoms with van der Waals surface area (Å²) in [5, 5.41) is 3.01. The van der Waals surface area contributed by atoms with Gasteiger partial charge in [0.2, 0.25) is 5.91 Å². The fraction of sp³-hybridized carbons (Fsp3) is 0.909. The van der Waals surface area contributed by atoms with Gasteiger partial charge < -0.3 is 11.1 Å². The van der Waals surface area contributed by atoms with Crippen molar-refractivity contribution in [3.63, 3.8) is 0 Å². The molecule has 0 fully saturated rings. The molecule has 0 rings (SSSR count). The average molecular weight is 200 g/mol. The largest absolute Gasteiger partial charge is 0.349 e. The monoisotopic (exact) mass is 200 g/mol. The van der Waals surface area contributed by atoms with Crippen LogP contribution >= 0.6 is 0 Å². The summed E-state index contributed by atoms with van der Waals surface area (Å²) < 4.78 is 0. The van der Waals surface area contributed by atoms with Gasteiger partial charge in [0.25, 0.3) is 0 Å². The maximum atomic E-state index is 11.8. The summed E-state index contributed by atoms with van der Waals surface area (Å²) >= 11 is 0. The van der Waals surface area contributed by atoms with Gasteiger partial charge >= 0.3 is 0 Å². The Morgan fingerprint density at radius 2 is 1.93 bits per heavy atom. The highest BCUT2D eigenvalue weighted by Gasteiger charge is 2.26. The van der Waals surface area contributed by atoms with Gasteiger partial charge in [-0.1, -0.05) is 27.7 Å². The molecule has 0 aromatic rings. The number of carbonyl (C=O) groups excluding carboxylic acids is 1. The molecule has 0 aliphatic heterocycles. The number of nitrogens with two attached hydrogens (primary N) is 1. The highest BCUT2D eigenvalue weighted by Crippen LogP contribution is 2.13. The van der Waals surface area contributed by atoms with Crippen molar-refractivity contribution >= 4 is 5.91 Å². The molecule has 0 bridgehead atoms. The maximum absolute atomic E-state index is 11.8. The van der Waals surface area contributed by atoms with Crippen molar-refractivity contribution in [1.29, 1.82) is 0 Å². The molecular weight excluding hydrogens is 176 g/mol. The first-order valence-electron chi connectivity index (χ1n) is 5.38. The lowest BCUT2D eigenvalue weighted by atomic mass is 9.93. The van der Waals surface area contributed by atoms with E-state index in [1.54, 1.807) is 0 Å². The quantitative estimate of drug-likeness (QED) is 0.707. The molecule has 1 amide bonds. The highest BCUT2D eigenvalue weighted by molar-refractivity contribution is 5.79. The minimum Gasteiger partial charge on any atom is -0.349 e. The average Bonchev–Trinajstić information content (AvgIpc) is 2.16. The molecule has 2 unspecified atom stereocenters. The van der Waals surface area contributed by atoms with Crippen molar-refractivity contribution in [2.75, 3.05) is 6.54 Å². The second kappa shape index (κ2) is 5.35. The molecule has 3 nitrogen and oxygen atoms in total. The normalized spacial score (nSPS) is 17.6. The minimum absolute atomic E-state index is 0.0485. The molecule has 0 saturated carbocycles. The SMILES string of the molecule is CCC(C)(CN)NC(=O)C(C)C(C)C. The highest BCUT2D eigenvalue weighted by atomic mass is 16.2. The van der Waals surface area contributed by atoms with Crippen LogP contribution in [0.1, 0.15) is 41.0 Å². The molecule has 0 spiro atoms. The smallest absolute Gasteiger partial charge is 0.223 e. The van der Waals surface area contributed by atoms with Gasteiger partial charge in [-0.05, 0) is 19.3 Å². The van der Waals surface area contributed by atoms with Crippen molar-refractivity contribution in [3.05, 3.63) is 0 Å². The second-order valence-corrected chi connectivity index (χ2v) is 4.64. The third-order valence-electron chi connectivity index (χ3n) is 3.07. The number of rotatable bonds is 5. The number of nitrogens with one attached hydrogen (secondary N) is 1. The van der Waals surface area contributed by atoms with Gasteiger partial charge in [-0.2, -0.15) is 0 Å². The Labute approximate surface area is 87.4 Å². The van der Waals surface area contributed by atoms with Gasteiger partial charge in [-0.25, -0.2) is 0 Å². The van der Waals surface area contributed by atoms with Crippen LogP contribution in [0.5, 0.6) is 0 Å². The van der Waals surface area contributed by atoms with E-state index >= 15 is 0 Å². The van der Waals surface area contributed by atoms with Gasteiger partial charge in [0.05, 0.1) is 0 Å². The van der Waals surface area contributed by atoms with E-state index in [2.05, 4.69) is 19.2 Å². The van der Waals surface area contributed by atoms with E-state index in [-0.39, 0.29) is 17.4 Å². The first-order valence-corrected chi connectivity index (χ1v) is 5.38. The Kier molecular flexibility index (Phi) is 5.13. The molecule has 0 radical (unpaired) electrons. The summed E-state index contributed by atoms with van der Waals surface area (Å²) in [5.41, 5.74) is 5.38. The molecule has 3 N–H and O–H groups in total. The van der Waals surface area contributed by atoms with Gasteiger partial charge in [-0.15, -0.1) is 0 Å². The predicted molar refractivity (Wildman–Crippen MR) is 59.9 cm³/mol. The summed E-state index contributed by atoms with van der Waals surface area (Å²) in [4.78, 5) is 11.8. The topological polar surface area (TPSA) is 55.1 Å². The first kappa shape index (κ1) is 13.4. The maximum Gasteiger partial charge on any atom is 0.223 e. The van der Waals surface area contributed by atoms with Gasteiger partial charge in [0.1, 0.15) is 0 Å². The predicted octanol–water partition coefficient (Wildman–Crippen LogP) is 1.52. The molecule has 14 heavy (non-hydrogen) atoms. The number of carbonyl (C=O) groups is 1. The Morgan fingerprint density at radius 3 is 2.21 bits per heavy atom. The van der Waals surface area contributed by atoms with E-state index in [0.29, 0.717) is 12.5 Å². The van der Waals surface area contributed by atoms with Gasteiger partial charge in [0.15, 0.2) is 0 Å². The Morgan fingerprint density at radius 1 is 1.43 bits per heavy atom. The summed E-state index contributed by atoms with van der Waals surface area (Å²) in [6, 6.07) is 0. The zero-order chi connectivity index (χ0) is 11.4. The van der Waals surface area contributed by atoms with Crippen molar-refractivity contribution in [2.45, 2.75) is 46.6 Å². The number of amides is 1. The summed E-state index contributed by atoms with van der Waals surface area (Å²) in [7, 11) is 0. The zero-order valence-corrected chi connectivity index (χ0v) is 10.1. The summed E-state index contributed by atoms with van der Waals surface area (Å²) in [6.45, 7) is 10.6. The van der Waals surface area contributed by atoms with E-state index < -0.39 is 0 Å². The molecule has 0 aromatic carbocycles. The van der Waals surface area contributed by atoms with E-state index in [0.717, 1.165) is 6.42 Å². The lowest BCUT2D eigenvalue weighted by Crippen LogP contribution is -2.52. The third kappa shape index (κ3) is 3.66. The van der Waals surface area contributed by atoms with E-state index in [1.807, 2.05) is 20.8 Å². The van der Waals surface area contributed by atoms with Crippen LogP contribution in [0.2, 0.25) is 0 Å². The minimum atomic E-state index is -0.250. The van der Waals surface area contributed by atoms with Crippen molar-refractivity contribution < 1.29 is 4.79 Å². The summed E-state index contributed by atoms with van der Waals surface area (Å²) in [6.07, 6.45) is 0.861. The van der Waals surface area contributed by atoms with E-state index in [4.69, 9.17) is 5.73 Å². The van der Waals surface area contributed by atoms with Crippen LogP contribution in [0, 0.1) is 11.8 Å². The Bertz CT molecular complexity index is 186. The third-order valence-corrected chi connectivity index (χ3v) is 3.07. The molecule has 0 aliphatic carbocycles. The molecule has 0 aromatic heterocycles. The van der Waals surface area contributed by atoms with Crippen LogP contribution in [0.4, 0.5) is 0 Å². The first-order chi connectivity index (χ1) is 6.36. The summed E-state index contributed by atoms with van der Waals surface area (Å²) in [5.74, 6) is 0.524. The zero-order valence-electron chi connectivity index (χ0n) is 10.1. The fourth-order valence-corrected chi connectivity index (χ4v) is 0.998. The molecular formula is C11H24N2O. The molecule has 3 heteroatoms. The molecule has 2 atom stereocenters. The van der Waals surface area contributed by atoms with Crippen LogP contribution in [-0.2, 0) is 4.79 Å². The Balaban J connectivity index is 4.30. The fourth-order valence-electron chi connectivity index (χ4n) is 0.998. The number of hydrogen-bond donors (Lipinski definition) is 2. The van der Waals surface area contributed by atoms with Gasteiger partial charge in [0, 0.05) is 18.0 Å². The van der Waals surface area contributed by atoms with Crippen LogP contribution in [0.25, 0.3) is 0 Å². The second-order valence-electron chi connectivity index (χ2n) is 4.64. The van der Waals surface area contributed by atoms with Gasteiger partial charge in [-0.3, -0.25) is 4.79 Å². The molecule has 0 heterocycles. The van der Waals surface area contributed by atoms with E-state index in [9.17, 15) is 4.79 Å². The molecule has 84 valence electrons. The standard InChI is InChI=1S/C11H24N2O/c1-6-11(5,7-12)13-10(14)9(4)8(2)3/h8-9H,6-7,12H2,1-5H3,(H,13,14). The lowest BCUT2D eigenvalue weighted by molar-refractivity contribution is -0.127.